The van der Waals surface area contributed by atoms with Crippen LogP contribution in [0.3, 0.4) is 0 Å². The monoisotopic (exact) mass is 393 g/mol. The number of carbonyl (C=O) groups is 2. The van der Waals surface area contributed by atoms with Gasteiger partial charge in [0.15, 0.2) is 6.10 Å². The lowest BCUT2D eigenvalue weighted by Gasteiger charge is -2.23. The first kappa shape index (κ1) is 18.7. The van der Waals surface area contributed by atoms with Crippen molar-refractivity contribution in [1.29, 1.82) is 0 Å². The average Bonchev–Trinajstić information content (AvgIpc) is 2.98. The second-order valence-corrected chi connectivity index (χ2v) is 7.01. The highest BCUT2D eigenvalue weighted by molar-refractivity contribution is 6.06. The third-order valence-corrected chi connectivity index (χ3v) is 4.93. The van der Waals surface area contributed by atoms with E-state index in [1.807, 2.05) is 18.4 Å². The molecule has 0 fully saturated rings. The van der Waals surface area contributed by atoms with E-state index in [-0.39, 0.29) is 17.6 Å². The van der Waals surface area contributed by atoms with E-state index >= 15 is 0 Å². The van der Waals surface area contributed by atoms with Crippen molar-refractivity contribution in [2.75, 3.05) is 10.6 Å². The van der Waals surface area contributed by atoms with Crippen molar-refractivity contribution in [2.24, 2.45) is 0 Å². The van der Waals surface area contributed by atoms with Gasteiger partial charge in [0.1, 0.15) is 11.6 Å². The number of hydrogen-bond donors (Lipinski definition) is 2. The van der Waals surface area contributed by atoms with Gasteiger partial charge in [0.2, 0.25) is 0 Å². The molecule has 7 heteroatoms. The van der Waals surface area contributed by atoms with Crippen LogP contribution in [0.2, 0.25) is 0 Å². The minimum absolute atomic E-state index is 0.233. The number of benzene rings is 2. The van der Waals surface area contributed by atoms with Crippen LogP contribution < -0.4 is 15.4 Å². The molecule has 148 valence electrons. The largest absolute Gasteiger partial charge is 0.479 e. The van der Waals surface area contributed by atoms with Crippen LogP contribution in [-0.2, 0) is 4.79 Å². The van der Waals surface area contributed by atoms with Crippen LogP contribution in [0.4, 0.5) is 15.8 Å². The van der Waals surface area contributed by atoms with Gasteiger partial charge in [0.05, 0.1) is 11.3 Å². The van der Waals surface area contributed by atoms with E-state index < -0.39 is 6.10 Å². The van der Waals surface area contributed by atoms with Gasteiger partial charge in [0.25, 0.3) is 11.8 Å². The van der Waals surface area contributed by atoms with Crippen molar-refractivity contribution in [1.82, 2.24) is 4.57 Å². The van der Waals surface area contributed by atoms with Crippen LogP contribution in [-0.4, -0.2) is 22.5 Å². The Hall–Kier alpha value is -3.61. The number of nitrogens with zero attached hydrogens (tertiary/aromatic N) is 1. The molecule has 0 spiro atoms. The number of fused-ring (bicyclic) bond motifs is 1. The molecule has 0 bridgehead atoms. The summed E-state index contributed by atoms with van der Waals surface area (Å²) in [6, 6.07) is 13.0. The third kappa shape index (κ3) is 3.47. The number of carbonyl (C=O) groups excluding carboxylic acids is 2. The van der Waals surface area contributed by atoms with Gasteiger partial charge < -0.3 is 19.9 Å². The van der Waals surface area contributed by atoms with E-state index in [2.05, 4.69) is 10.6 Å². The highest BCUT2D eigenvalue weighted by Crippen LogP contribution is 2.32. The Balaban J connectivity index is 1.60. The summed E-state index contributed by atoms with van der Waals surface area (Å²) in [6.45, 7) is 5.40. The molecular weight excluding hydrogens is 373 g/mol. The maximum absolute atomic E-state index is 13.2. The first-order valence-electron chi connectivity index (χ1n) is 9.21. The highest BCUT2D eigenvalue weighted by atomic mass is 19.1. The zero-order valence-electron chi connectivity index (χ0n) is 16.2. The van der Waals surface area contributed by atoms with E-state index in [1.54, 1.807) is 43.3 Å². The van der Waals surface area contributed by atoms with Crippen molar-refractivity contribution in [3.8, 4) is 11.4 Å². The molecule has 2 N–H and O–H groups in total. The zero-order chi connectivity index (χ0) is 20.7. The summed E-state index contributed by atoms with van der Waals surface area (Å²) >= 11 is 0. The summed E-state index contributed by atoms with van der Waals surface area (Å²) in [5, 5.41) is 5.62. The molecule has 0 unspecified atom stereocenters. The first-order valence-corrected chi connectivity index (χ1v) is 9.21. The molecule has 1 aliphatic heterocycles. The van der Waals surface area contributed by atoms with Crippen molar-refractivity contribution >= 4 is 23.2 Å². The van der Waals surface area contributed by atoms with Crippen LogP contribution in [0.1, 0.15) is 28.7 Å². The number of halogens is 1. The van der Waals surface area contributed by atoms with Gasteiger partial charge in [0, 0.05) is 22.8 Å². The van der Waals surface area contributed by atoms with Gasteiger partial charge in [-0.05, 0) is 69.3 Å². The first-order chi connectivity index (χ1) is 13.8. The van der Waals surface area contributed by atoms with Crippen molar-refractivity contribution in [2.45, 2.75) is 26.9 Å². The number of ether oxygens (including phenoxy) is 1. The predicted molar refractivity (Wildman–Crippen MR) is 108 cm³/mol. The lowest BCUT2D eigenvalue weighted by Crippen LogP contribution is -2.34. The number of hydrogen-bond acceptors (Lipinski definition) is 3. The molecule has 2 aromatic carbocycles. The SMILES string of the molecule is Cc1cc(C(=O)Nc2ccc3c(c2)NC(=O)[C@@H](C)O3)c(C)n1-c1ccc(F)cc1. The van der Waals surface area contributed by atoms with Crippen molar-refractivity contribution in [3.05, 3.63) is 71.3 Å². The number of amides is 2. The molecule has 2 heterocycles. The molecule has 1 aromatic heterocycles. The Bertz CT molecular complexity index is 1120. The van der Waals surface area contributed by atoms with Gasteiger partial charge >= 0.3 is 0 Å². The Morgan fingerprint density at radius 1 is 1.14 bits per heavy atom. The van der Waals surface area contributed by atoms with E-state index in [1.165, 1.54) is 12.1 Å². The molecule has 4 rings (SSSR count). The fraction of sp³-hybridized carbons (Fsp3) is 0.182. The van der Waals surface area contributed by atoms with Crippen LogP contribution in [0.25, 0.3) is 5.69 Å². The molecule has 29 heavy (non-hydrogen) atoms. The lowest BCUT2D eigenvalue weighted by molar-refractivity contribution is -0.122. The Labute approximate surface area is 167 Å². The van der Waals surface area contributed by atoms with Crippen LogP contribution in [0.5, 0.6) is 5.75 Å². The van der Waals surface area contributed by atoms with Crippen LogP contribution >= 0.6 is 0 Å². The number of rotatable bonds is 3. The van der Waals surface area contributed by atoms with E-state index in [0.29, 0.717) is 22.7 Å². The highest BCUT2D eigenvalue weighted by Gasteiger charge is 2.24. The Morgan fingerprint density at radius 2 is 1.86 bits per heavy atom. The molecule has 0 radical (unpaired) electrons. The number of aromatic nitrogens is 1. The van der Waals surface area contributed by atoms with Gasteiger partial charge in [-0.25, -0.2) is 4.39 Å². The molecular formula is C22H20FN3O3. The summed E-state index contributed by atoms with van der Waals surface area (Å²) < 4.78 is 20.7. The van der Waals surface area contributed by atoms with E-state index in [4.69, 9.17) is 4.74 Å². The second-order valence-electron chi connectivity index (χ2n) is 7.01. The molecule has 3 aromatic rings. The summed E-state index contributed by atoms with van der Waals surface area (Å²) in [4.78, 5) is 24.7. The van der Waals surface area contributed by atoms with E-state index in [9.17, 15) is 14.0 Å². The summed E-state index contributed by atoms with van der Waals surface area (Å²) in [6.07, 6.45) is -0.556. The lowest BCUT2D eigenvalue weighted by atomic mass is 10.2. The summed E-state index contributed by atoms with van der Waals surface area (Å²) in [7, 11) is 0. The fourth-order valence-corrected chi connectivity index (χ4v) is 3.47. The summed E-state index contributed by atoms with van der Waals surface area (Å²) in [5.74, 6) is -0.261. The van der Waals surface area contributed by atoms with Crippen molar-refractivity contribution in [3.63, 3.8) is 0 Å². The maximum Gasteiger partial charge on any atom is 0.265 e. The smallest absolute Gasteiger partial charge is 0.265 e. The zero-order valence-corrected chi connectivity index (χ0v) is 16.2. The second kappa shape index (κ2) is 7.09. The van der Waals surface area contributed by atoms with Crippen molar-refractivity contribution < 1.29 is 18.7 Å². The molecule has 0 saturated carbocycles. The molecule has 2 amide bonds. The minimum Gasteiger partial charge on any atom is -0.479 e. The Morgan fingerprint density at radius 3 is 2.59 bits per heavy atom. The molecule has 0 saturated heterocycles. The number of nitrogens with one attached hydrogen (secondary N) is 2. The standard InChI is InChI=1S/C22H20FN3O3/c1-12-10-18(13(2)26(12)17-7-4-15(23)5-8-17)22(28)24-16-6-9-20-19(11-16)25-21(27)14(3)29-20/h4-11,14H,1-3H3,(H,24,28)(H,25,27)/t14-/m1/s1. The number of anilines is 2. The molecule has 1 atom stereocenters. The molecule has 1 aliphatic rings. The fourth-order valence-electron chi connectivity index (χ4n) is 3.47. The third-order valence-electron chi connectivity index (χ3n) is 4.93. The quantitative estimate of drug-likeness (QED) is 0.700. The number of aryl methyl sites for hydroxylation is 1. The van der Waals surface area contributed by atoms with Gasteiger partial charge in [-0.15, -0.1) is 0 Å². The average molecular weight is 393 g/mol. The maximum atomic E-state index is 13.2. The van der Waals surface area contributed by atoms with Gasteiger partial charge in [-0.1, -0.05) is 0 Å². The van der Waals surface area contributed by atoms with E-state index in [0.717, 1.165) is 17.1 Å². The summed E-state index contributed by atoms with van der Waals surface area (Å²) in [5.41, 5.74) is 3.96. The Kier molecular flexibility index (Phi) is 4.58. The normalized spacial score (nSPS) is 15.3. The van der Waals surface area contributed by atoms with Gasteiger partial charge in [-0.2, -0.15) is 0 Å². The molecule has 0 aliphatic carbocycles. The predicted octanol–water partition coefficient (Wildman–Crippen LogP) is 4.20. The molecule has 6 nitrogen and oxygen atoms in total. The topological polar surface area (TPSA) is 72.4 Å². The minimum atomic E-state index is -0.556. The van der Waals surface area contributed by atoms with Gasteiger partial charge in [-0.3, -0.25) is 9.59 Å². The van der Waals surface area contributed by atoms with Crippen LogP contribution in [0.15, 0.2) is 48.5 Å². The van der Waals surface area contributed by atoms with Crippen LogP contribution in [0, 0.1) is 19.7 Å².